The van der Waals surface area contributed by atoms with Crippen molar-refractivity contribution < 1.29 is 19.0 Å². The molecule has 31 heavy (non-hydrogen) atoms. The van der Waals surface area contributed by atoms with E-state index in [4.69, 9.17) is 14.2 Å². The van der Waals surface area contributed by atoms with E-state index in [2.05, 4.69) is 43.4 Å². The summed E-state index contributed by atoms with van der Waals surface area (Å²) in [5.74, 6) is 0.527. The van der Waals surface area contributed by atoms with Gasteiger partial charge in [0.15, 0.2) is 0 Å². The van der Waals surface area contributed by atoms with Gasteiger partial charge in [-0.1, -0.05) is 67.3 Å². The third-order valence-corrected chi connectivity index (χ3v) is 7.59. The highest BCUT2D eigenvalue weighted by atomic mass is 33.1. The molecule has 0 aliphatic rings. The molecule has 178 valence electrons. The fraction of sp³-hybridized carbons (Fsp3) is 0.667. The zero-order chi connectivity index (χ0) is 23.1. The minimum Gasteiger partial charge on any atom is -0.490 e. The van der Waals surface area contributed by atoms with Gasteiger partial charge in [0.2, 0.25) is 0 Å². The largest absolute Gasteiger partial charge is 0.490 e. The molecule has 2 unspecified atom stereocenters. The number of rotatable bonds is 16. The van der Waals surface area contributed by atoms with Crippen LogP contribution in [0.25, 0.3) is 0 Å². The van der Waals surface area contributed by atoms with E-state index in [0.29, 0.717) is 50.8 Å². The van der Waals surface area contributed by atoms with Crippen molar-refractivity contribution in [1.82, 2.24) is 10.0 Å². The summed E-state index contributed by atoms with van der Waals surface area (Å²) in [6, 6.07) is 7.21. The van der Waals surface area contributed by atoms with Gasteiger partial charge in [0.25, 0.3) is 5.91 Å². The molecule has 0 radical (unpaired) electrons. The van der Waals surface area contributed by atoms with E-state index in [9.17, 15) is 4.79 Å². The average molecular weight is 509 g/mol. The summed E-state index contributed by atoms with van der Waals surface area (Å²) in [4.78, 5) is 12.3. The van der Waals surface area contributed by atoms with Crippen molar-refractivity contribution in [3.05, 3.63) is 29.8 Å². The maximum Gasteiger partial charge on any atom is 0.251 e. The SMILES string of the molecule is CSNCCNC(=O)c1cccc(OCC(OCCOCC(C)S)SSC(C)(C)C)c1. The Morgan fingerprint density at radius 3 is 2.65 bits per heavy atom. The van der Waals surface area contributed by atoms with Crippen LogP contribution in [0.15, 0.2) is 24.3 Å². The van der Waals surface area contributed by atoms with E-state index in [0.717, 1.165) is 0 Å². The first kappa shape index (κ1) is 28.8. The summed E-state index contributed by atoms with van der Waals surface area (Å²) in [6.45, 7) is 11.7. The van der Waals surface area contributed by atoms with Gasteiger partial charge in [-0.3, -0.25) is 9.52 Å². The molecule has 0 bridgehead atoms. The van der Waals surface area contributed by atoms with Gasteiger partial charge < -0.3 is 19.5 Å². The first-order chi connectivity index (χ1) is 14.7. The Labute approximate surface area is 205 Å². The first-order valence-electron chi connectivity index (χ1n) is 10.2. The molecule has 0 saturated heterocycles. The van der Waals surface area contributed by atoms with E-state index in [1.165, 1.54) is 11.9 Å². The van der Waals surface area contributed by atoms with Gasteiger partial charge in [-0.2, -0.15) is 12.6 Å². The molecule has 2 atom stereocenters. The summed E-state index contributed by atoms with van der Waals surface area (Å²) in [6.07, 6.45) is 1.95. The third-order valence-electron chi connectivity index (χ3n) is 3.44. The molecule has 1 rings (SSSR count). The van der Waals surface area contributed by atoms with Gasteiger partial charge in [0, 0.05) is 28.6 Å². The summed E-state index contributed by atoms with van der Waals surface area (Å²) in [5, 5.41) is 3.09. The number of carbonyl (C=O) groups excluding carboxylic acids is 1. The Morgan fingerprint density at radius 2 is 1.97 bits per heavy atom. The van der Waals surface area contributed by atoms with Crippen LogP contribution in [0.4, 0.5) is 0 Å². The van der Waals surface area contributed by atoms with Crippen LogP contribution in [-0.4, -0.2) is 67.1 Å². The fourth-order valence-electron chi connectivity index (χ4n) is 2.12. The van der Waals surface area contributed by atoms with Crippen molar-refractivity contribution in [3.8, 4) is 5.75 Å². The second-order valence-electron chi connectivity index (χ2n) is 7.71. The van der Waals surface area contributed by atoms with Crippen molar-refractivity contribution in [3.63, 3.8) is 0 Å². The fourth-order valence-corrected chi connectivity index (χ4v) is 4.72. The zero-order valence-electron chi connectivity index (χ0n) is 19.0. The maximum absolute atomic E-state index is 12.3. The van der Waals surface area contributed by atoms with Gasteiger partial charge >= 0.3 is 0 Å². The smallest absolute Gasteiger partial charge is 0.251 e. The van der Waals surface area contributed by atoms with Gasteiger partial charge in [-0.15, -0.1) is 0 Å². The Balaban J connectivity index is 2.55. The molecule has 0 aliphatic carbocycles. The van der Waals surface area contributed by atoms with Crippen molar-refractivity contribution >= 4 is 52.1 Å². The Hall–Kier alpha value is -0.230. The molecule has 1 aromatic carbocycles. The molecular weight excluding hydrogens is 473 g/mol. The number of carbonyl (C=O) groups is 1. The van der Waals surface area contributed by atoms with Gasteiger partial charge in [0.05, 0.1) is 19.8 Å². The third kappa shape index (κ3) is 15.3. The number of amides is 1. The minimum absolute atomic E-state index is 0.105. The van der Waals surface area contributed by atoms with Crippen LogP contribution in [0, 0.1) is 0 Å². The summed E-state index contributed by atoms with van der Waals surface area (Å²) in [5.41, 5.74) is 0.418. The van der Waals surface area contributed by atoms with Crippen molar-refractivity contribution in [2.45, 2.75) is 43.1 Å². The quantitative estimate of drug-likeness (QED) is 0.0990. The normalized spacial score (nSPS) is 13.6. The second kappa shape index (κ2) is 16.4. The Kier molecular flexibility index (Phi) is 15.2. The lowest BCUT2D eigenvalue weighted by atomic mass is 10.2. The number of benzene rings is 1. The zero-order valence-corrected chi connectivity index (χ0v) is 22.4. The number of thiol groups is 1. The lowest BCUT2D eigenvalue weighted by Gasteiger charge is -2.22. The molecule has 1 amide bonds. The van der Waals surface area contributed by atoms with Crippen molar-refractivity contribution in [2.75, 3.05) is 45.8 Å². The standard InChI is InChI=1S/C21H36N2O4S4/c1-16(28)14-25-11-12-26-19(30-31-21(2,3)4)15-27-18-8-6-7-17(13-18)20(24)22-9-10-23-29-5/h6-8,13,16,19,23,28H,9-12,14-15H2,1-5H3,(H,22,24). The van der Waals surface area contributed by atoms with Crippen LogP contribution in [0.2, 0.25) is 0 Å². The van der Waals surface area contributed by atoms with E-state index in [1.807, 2.05) is 25.3 Å². The highest BCUT2D eigenvalue weighted by Gasteiger charge is 2.18. The van der Waals surface area contributed by atoms with Crippen LogP contribution >= 0.6 is 46.2 Å². The molecule has 0 aromatic heterocycles. The van der Waals surface area contributed by atoms with Crippen LogP contribution in [0.3, 0.4) is 0 Å². The molecule has 2 N–H and O–H groups in total. The highest BCUT2D eigenvalue weighted by molar-refractivity contribution is 8.77. The average Bonchev–Trinajstić information content (AvgIpc) is 2.71. The number of hydrogen-bond acceptors (Lipinski definition) is 9. The maximum atomic E-state index is 12.3. The molecule has 0 aliphatic heterocycles. The lowest BCUT2D eigenvalue weighted by Crippen LogP contribution is -2.29. The molecule has 0 spiro atoms. The summed E-state index contributed by atoms with van der Waals surface area (Å²) < 4.78 is 20.7. The molecule has 10 heteroatoms. The molecule has 6 nitrogen and oxygen atoms in total. The van der Waals surface area contributed by atoms with E-state index in [-0.39, 0.29) is 21.3 Å². The molecular formula is C21H36N2O4S4. The molecule has 0 saturated carbocycles. The predicted octanol–water partition coefficient (Wildman–Crippen LogP) is 4.52. The highest BCUT2D eigenvalue weighted by Crippen LogP contribution is 2.38. The molecule has 0 fully saturated rings. The van der Waals surface area contributed by atoms with Crippen LogP contribution in [0.5, 0.6) is 5.75 Å². The number of hydrogen-bond donors (Lipinski definition) is 3. The van der Waals surface area contributed by atoms with Crippen molar-refractivity contribution in [1.29, 1.82) is 0 Å². The summed E-state index contributed by atoms with van der Waals surface area (Å²) in [7, 11) is 3.40. The van der Waals surface area contributed by atoms with Crippen molar-refractivity contribution in [2.24, 2.45) is 0 Å². The molecule has 0 heterocycles. The van der Waals surface area contributed by atoms with Crippen LogP contribution < -0.4 is 14.8 Å². The van der Waals surface area contributed by atoms with Gasteiger partial charge in [-0.25, -0.2) is 0 Å². The monoisotopic (exact) mass is 508 g/mol. The first-order valence-corrected chi connectivity index (χ1v) is 14.2. The van der Waals surface area contributed by atoms with Gasteiger partial charge in [-0.05, 0) is 24.5 Å². The second-order valence-corrected chi connectivity index (χ2v) is 12.5. The van der Waals surface area contributed by atoms with E-state index >= 15 is 0 Å². The van der Waals surface area contributed by atoms with Gasteiger partial charge in [0.1, 0.15) is 17.8 Å². The number of nitrogens with one attached hydrogen (secondary N) is 2. The molecule has 1 aromatic rings. The number of ether oxygens (including phenoxy) is 3. The lowest BCUT2D eigenvalue weighted by molar-refractivity contribution is 0.0243. The Bertz CT molecular complexity index is 630. The minimum atomic E-state index is -0.156. The van der Waals surface area contributed by atoms with E-state index < -0.39 is 0 Å². The topological polar surface area (TPSA) is 68.8 Å². The van der Waals surface area contributed by atoms with Crippen LogP contribution in [0.1, 0.15) is 38.1 Å². The summed E-state index contributed by atoms with van der Waals surface area (Å²) >= 11 is 5.83. The van der Waals surface area contributed by atoms with Crippen LogP contribution in [-0.2, 0) is 9.47 Å². The van der Waals surface area contributed by atoms with E-state index in [1.54, 1.807) is 33.7 Å². The Morgan fingerprint density at radius 1 is 1.19 bits per heavy atom. The predicted molar refractivity (Wildman–Crippen MR) is 140 cm³/mol.